The van der Waals surface area contributed by atoms with Crippen LogP contribution in [0.25, 0.3) is 0 Å². The van der Waals surface area contributed by atoms with E-state index in [-0.39, 0.29) is 5.82 Å². The van der Waals surface area contributed by atoms with Gasteiger partial charge in [-0.3, -0.25) is 0 Å². The summed E-state index contributed by atoms with van der Waals surface area (Å²) in [5.74, 6) is -0.297. The van der Waals surface area contributed by atoms with E-state index in [1.807, 2.05) is 6.92 Å². The molecule has 0 aliphatic rings. The predicted molar refractivity (Wildman–Crippen MR) is 76.0 cm³/mol. The Bertz CT molecular complexity index is 557. The lowest BCUT2D eigenvalue weighted by Crippen LogP contribution is -2.12. The minimum atomic E-state index is -0.667. The highest BCUT2D eigenvalue weighted by Crippen LogP contribution is 2.20. The van der Waals surface area contributed by atoms with Gasteiger partial charge in [0.25, 0.3) is 0 Å². The molecule has 0 aliphatic heterocycles. The number of benzene rings is 2. The highest BCUT2D eigenvalue weighted by Gasteiger charge is 2.08. The third-order valence-corrected chi connectivity index (χ3v) is 3.19. The number of hydrogen-bond acceptors (Lipinski definition) is 2. The van der Waals surface area contributed by atoms with Crippen LogP contribution in [0.15, 0.2) is 42.5 Å². The van der Waals surface area contributed by atoms with E-state index in [1.165, 1.54) is 12.1 Å². The van der Waals surface area contributed by atoms with Crippen molar-refractivity contribution in [2.24, 2.45) is 0 Å². The van der Waals surface area contributed by atoms with Crippen molar-refractivity contribution in [1.29, 1.82) is 0 Å². The Kier molecular flexibility index (Phi) is 4.40. The van der Waals surface area contributed by atoms with Crippen molar-refractivity contribution < 1.29 is 9.50 Å². The van der Waals surface area contributed by atoms with Crippen molar-refractivity contribution in [2.75, 3.05) is 11.9 Å². The SMILES string of the molecule is Cc1ccc(F)cc1NCC(O)c1ccc(Cl)cc1. The smallest absolute Gasteiger partial charge is 0.125 e. The molecular formula is C15H15ClFNO. The summed E-state index contributed by atoms with van der Waals surface area (Å²) < 4.78 is 13.1. The molecule has 0 bridgehead atoms. The summed E-state index contributed by atoms with van der Waals surface area (Å²) in [6.45, 7) is 2.20. The van der Waals surface area contributed by atoms with Gasteiger partial charge in [0.05, 0.1) is 6.10 Å². The quantitative estimate of drug-likeness (QED) is 0.889. The molecule has 0 fully saturated rings. The first-order valence-electron chi connectivity index (χ1n) is 6.00. The van der Waals surface area contributed by atoms with Crippen molar-refractivity contribution in [3.8, 4) is 0 Å². The van der Waals surface area contributed by atoms with Crippen molar-refractivity contribution in [2.45, 2.75) is 13.0 Å². The summed E-state index contributed by atoms with van der Waals surface area (Å²) in [6, 6.07) is 11.5. The first kappa shape index (κ1) is 13.8. The molecule has 2 aromatic rings. The van der Waals surface area contributed by atoms with Crippen LogP contribution in [0.4, 0.5) is 10.1 Å². The van der Waals surface area contributed by atoms with E-state index in [2.05, 4.69) is 5.32 Å². The normalized spacial score (nSPS) is 12.2. The van der Waals surface area contributed by atoms with Crippen molar-refractivity contribution >= 4 is 17.3 Å². The molecule has 0 aliphatic carbocycles. The molecule has 4 heteroatoms. The van der Waals surface area contributed by atoms with Gasteiger partial charge in [-0.05, 0) is 42.3 Å². The maximum atomic E-state index is 13.1. The Labute approximate surface area is 116 Å². The zero-order valence-corrected chi connectivity index (χ0v) is 11.3. The predicted octanol–water partition coefficient (Wildman–Crippen LogP) is 3.93. The Morgan fingerprint density at radius 1 is 1.21 bits per heavy atom. The lowest BCUT2D eigenvalue weighted by Gasteiger charge is -2.15. The lowest BCUT2D eigenvalue weighted by atomic mass is 10.1. The van der Waals surface area contributed by atoms with E-state index in [4.69, 9.17) is 11.6 Å². The fourth-order valence-corrected chi connectivity index (χ4v) is 1.92. The largest absolute Gasteiger partial charge is 0.387 e. The molecule has 0 saturated carbocycles. The van der Waals surface area contributed by atoms with Crippen LogP contribution >= 0.6 is 11.6 Å². The number of halogens is 2. The van der Waals surface area contributed by atoms with Gasteiger partial charge in [-0.15, -0.1) is 0 Å². The maximum Gasteiger partial charge on any atom is 0.125 e. The molecule has 0 saturated heterocycles. The highest BCUT2D eigenvalue weighted by molar-refractivity contribution is 6.30. The maximum absolute atomic E-state index is 13.1. The Morgan fingerprint density at radius 3 is 2.58 bits per heavy atom. The fraction of sp³-hybridized carbons (Fsp3) is 0.200. The average molecular weight is 280 g/mol. The number of aryl methyl sites for hydroxylation is 1. The van der Waals surface area contributed by atoms with Gasteiger partial charge in [0.2, 0.25) is 0 Å². The second-order valence-corrected chi connectivity index (χ2v) is 4.84. The Morgan fingerprint density at radius 2 is 1.89 bits per heavy atom. The summed E-state index contributed by atoms with van der Waals surface area (Å²) >= 11 is 5.79. The van der Waals surface area contributed by atoms with Gasteiger partial charge in [0.1, 0.15) is 5.82 Å². The molecule has 0 spiro atoms. The molecular weight excluding hydrogens is 265 g/mol. The second kappa shape index (κ2) is 6.04. The van der Waals surface area contributed by atoms with Crippen LogP contribution < -0.4 is 5.32 Å². The van der Waals surface area contributed by atoms with E-state index in [9.17, 15) is 9.50 Å². The molecule has 19 heavy (non-hydrogen) atoms. The third-order valence-electron chi connectivity index (χ3n) is 2.94. The third kappa shape index (κ3) is 3.69. The number of nitrogens with one attached hydrogen (secondary N) is 1. The van der Waals surface area contributed by atoms with Crippen LogP contribution in [0.2, 0.25) is 5.02 Å². The number of aliphatic hydroxyl groups is 1. The van der Waals surface area contributed by atoms with Crippen molar-refractivity contribution in [1.82, 2.24) is 0 Å². The summed E-state index contributed by atoms with van der Waals surface area (Å²) in [5.41, 5.74) is 2.39. The molecule has 0 heterocycles. The van der Waals surface area contributed by atoms with Gasteiger partial charge >= 0.3 is 0 Å². The molecule has 100 valence electrons. The first-order valence-corrected chi connectivity index (χ1v) is 6.37. The minimum absolute atomic E-state index is 0.297. The monoisotopic (exact) mass is 279 g/mol. The van der Waals surface area contributed by atoms with E-state index < -0.39 is 6.10 Å². The topological polar surface area (TPSA) is 32.3 Å². The molecule has 2 rings (SSSR count). The van der Waals surface area contributed by atoms with E-state index >= 15 is 0 Å². The molecule has 2 nitrogen and oxygen atoms in total. The van der Waals surface area contributed by atoms with Gasteiger partial charge in [-0.25, -0.2) is 4.39 Å². The molecule has 1 unspecified atom stereocenters. The van der Waals surface area contributed by atoms with Gasteiger partial charge < -0.3 is 10.4 Å². The molecule has 2 N–H and O–H groups in total. The molecule has 1 atom stereocenters. The van der Waals surface area contributed by atoms with Gasteiger partial charge in [-0.1, -0.05) is 29.8 Å². The van der Waals surface area contributed by atoms with E-state index in [1.54, 1.807) is 30.3 Å². The standard InChI is InChI=1S/C15H15ClFNO/c1-10-2-7-13(17)8-14(10)18-9-15(19)11-3-5-12(16)6-4-11/h2-8,15,18-19H,9H2,1H3. The van der Waals surface area contributed by atoms with Crippen LogP contribution in [-0.2, 0) is 0 Å². The summed E-state index contributed by atoms with van der Waals surface area (Å²) in [6.07, 6.45) is -0.667. The number of hydrogen-bond donors (Lipinski definition) is 2. The van der Waals surface area contributed by atoms with Crippen LogP contribution in [0, 0.1) is 12.7 Å². The van der Waals surface area contributed by atoms with Crippen LogP contribution in [-0.4, -0.2) is 11.7 Å². The number of rotatable bonds is 4. The van der Waals surface area contributed by atoms with E-state index in [0.717, 1.165) is 11.1 Å². The zero-order valence-electron chi connectivity index (χ0n) is 10.5. The molecule has 0 radical (unpaired) electrons. The van der Waals surface area contributed by atoms with Gasteiger partial charge in [0.15, 0.2) is 0 Å². The van der Waals surface area contributed by atoms with Crippen molar-refractivity contribution in [3.05, 3.63) is 64.4 Å². The van der Waals surface area contributed by atoms with E-state index in [0.29, 0.717) is 17.3 Å². The van der Waals surface area contributed by atoms with Gasteiger partial charge in [-0.2, -0.15) is 0 Å². The van der Waals surface area contributed by atoms with Crippen LogP contribution in [0.3, 0.4) is 0 Å². The lowest BCUT2D eigenvalue weighted by molar-refractivity contribution is 0.191. The number of aliphatic hydroxyl groups excluding tert-OH is 1. The first-order chi connectivity index (χ1) is 9.06. The summed E-state index contributed by atoms with van der Waals surface area (Å²) in [5, 5.41) is 13.7. The highest BCUT2D eigenvalue weighted by atomic mass is 35.5. The fourth-order valence-electron chi connectivity index (χ4n) is 1.79. The molecule has 0 aromatic heterocycles. The van der Waals surface area contributed by atoms with Gasteiger partial charge in [0, 0.05) is 17.3 Å². The molecule has 2 aromatic carbocycles. The summed E-state index contributed by atoms with van der Waals surface area (Å²) in [4.78, 5) is 0. The van der Waals surface area contributed by atoms with Crippen LogP contribution in [0.1, 0.15) is 17.2 Å². The summed E-state index contributed by atoms with van der Waals surface area (Å²) in [7, 11) is 0. The minimum Gasteiger partial charge on any atom is -0.387 e. The average Bonchev–Trinajstić information content (AvgIpc) is 2.40. The Hall–Kier alpha value is -1.58. The second-order valence-electron chi connectivity index (χ2n) is 4.41. The van der Waals surface area contributed by atoms with Crippen molar-refractivity contribution in [3.63, 3.8) is 0 Å². The number of anilines is 1. The Balaban J connectivity index is 2.02. The zero-order chi connectivity index (χ0) is 13.8. The van der Waals surface area contributed by atoms with Crippen LogP contribution in [0.5, 0.6) is 0 Å². The molecule has 0 amide bonds.